The van der Waals surface area contributed by atoms with Crippen molar-refractivity contribution in [2.75, 3.05) is 5.73 Å². The van der Waals surface area contributed by atoms with E-state index in [0.29, 0.717) is 11.4 Å². The second kappa shape index (κ2) is 3.37. The van der Waals surface area contributed by atoms with Crippen LogP contribution in [0.5, 0.6) is 0 Å². The molecule has 0 bridgehead atoms. The van der Waals surface area contributed by atoms with Gasteiger partial charge in [-0.1, -0.05) is 0 Å². The Hall–Kier alpha value is -2.44. The summed E-state index contributed by atoms with van der Waals surface area (Å²) in [6.45, 7) is 0. The van der Waals surface area contributed by atoms with Crippen molar-refractivity contribution in [3.8, 4) is 5.69 Å². The molecule has 2 heterocycles. The van der Waals surface area contributed by atoms with E-state index >= 15 is 0 Å². The number of aromatic nitrogens is 3. The van der Waals surface area contributed by atoms with Gasteiger partial charge in [0.2, 0.25) is 0 Å². The van der Waals surface area contributed by atoms with Gasteiger partial charge < -0.3 is 5.73 Å². The Labute approximate surface area is 84.3 Å². The molecule has 0 spiro atoms. The number of hydrogen-bond donors (Lipinski definition) is 1. The number of nitrogen functional groups attached to an aromatic ring is 1. The molecule has 0 radical (unpaired) electrons. The highest BCUT2D eigenvalue weighted by Gasteiger charge is 2.10. The maximum absolute atomic E-state index is 10.4. The van der Waals surface area contributed by atoms with Gasteiger partial charge in [0.25, 0.3) is 0 Å². The molecule has 2 aromatic heterocycles. The summed E-state index contributed by atoms with van der Waals surface area (Å²) < 4.78 is 1.34. The van der Waals surface area contributed by atoms with E-state index in [0.717, 1.165) is 0 Å². The van der Waals surface area contributed by atoms with Crippen molar-refractivity contribution < 1.29 is 4.92 Å². The average molecular weight is 205 g/mol. The zero-order valence-electron chi connectivity index (χ0n) is 7.57. The van der Waals surface area contributed by atoms with E-state index in [1.165, 1.54) is 23.3 Å². The first kappa shape index (κ1) is 9.13. The fourth-order valence-corrected chi connectivity index (χ4v) is 1.15. The second-order valence-corrected chi connectivity index (χ2v) is 2.83. The summed E-state index contributed by atoms with van der Waals surface area (Å²) in [5.74, 6) is 0. The zero-order valence-corrected chi connectivity index (χ0v) is 7.57. The van der Waals surface area contributed by atoms with Gasteiger partial charge in [-0.3, -0.25) is 15.1 Å². The zero-order chi connectivity index (χ0) is 10.8. The third kappa shape index (κ3) is 1.62. The van der Waals surface area contributed by atoms with Gasteiger partial charge in [-0.25, -0.2) is 4.68 Å². The molecule has 7 heteroatoms. The first-order chi connectivity index (χ1) is 7.18. The van der Waals surface area contributed by atoms with E-state index in [1.807, 2.05) is 0 Å². The molecule has 0 fully saturated rings. The molecule has 2 N–H and O–H groups in total. The van der Waals surface area contributed by atoms with Gasteiger partial charge in [0.15, 0.2) is 0 Å². The van der Waals surface area contributed by atoms with Crippen molar-refractivity contribution in [1.82, 2.24) is 14.8 Å². The highest BCUT2D eigenvalue weighted by atomic mass is 16.6. The van der Waals surface area contributed by atoms with Crippen LogP contribution in [-0.2, 0) is 0 Å². The molecular weight excluding hydrogens is 198 g/mol. The average Bonchev–Trinajstić information content (AvgIpc) is 2.67. The van der Waals surface area contributed by atoms with E-state index in [1.54, 1.807) is 12.3 Å². The minimum Gasteiger partial charge on any atom is -0.396 e. The van der Waals surface area contributed by atoms with Crippen LogP contribution in [-0.4, -0.2) is 19.7 Å². The third-order valence-corrected chi connectivity index (χ3v) is 1.85. The third-order valence-electron chi connectivity index (χ3n) is 1.85. The number of rotatable bonds is 2. The van der Waals surface area contributed by atoms with Gasteiger partial charge >= 0.3 is 5.69 Å². The van der Waals surface area contributed by atoms with Crippen LogP contribution in [0.2, 0.25) is 0 Å². The highest BCUT2D eigenvalue weighted by molar-refractivity contribution is 5.55. The number of nitro groups is 1. The molecule has 0 aromatic carbocycles. The quantitative estimate of drug-likeness (QED) is 0.576. The van der Waals surface area contributed by atoms with Crippen LogP contribution < -0.4 is 5.73 Å². The predicted octanol–water partition coefficient (Wildman–Crippen LogP) is 0.758. The van der Waals surface area contributed by atoms with Crippen LogP contribution in [0.3, 0.4) is 0 Å². The van der Waals surface area contributed by atoms with Gasteiger partial charge in [0, 0.05) is 6.20 Å². The lowest BCUT2D eigenvalue weighted by Gasteiger charge is -2.02. The number of pyridine rings is 1. The lowest BCUT2D eigenvalue weighted by Crippen LogP contribution is -2.00. The lowest BCUT2D eigenvalue weighted by molar-refractivity contribution is -0.384. The summed E-state index contributed by atoms with van der Waals surface area (Å²) in [5.41, 5.74) is 6.55. The van der Waals surface area contributed by atoms with Gasteiger partial charge in [0.05, 0.1) is 22.5 Å². The number of anilines is 1. The topological polar surface area (TPSA) is 99.9 Å². The number of nitrogens with zero attached hydrogens (tertiary/aromatic N) is 4. The summed E-state index contributed by atoms with van der Waals surface area (Å²) in [4.78, 5) is 13.7. The van der Waals surface area contributed by atoms with Crippen molar-refractivity contribution in [3.63, 3.8) is 0 Å². The van der Waals surface area contributed by atoms with Crippen LogP contribution >= 0.6 is 0 Å². The van der Waals surface area contributed by atoms with Gasteiger partial charge in [-0.15, -0.1) is 0 Å². The summed E-state index contributed by atoms with van der Waals surface area (Å²) in [7, 11) is 0. The van der Waals surface area contributed by atoms with Crippen molar-refractivity contribution >= 4 is 11.4 Å². The monoisotopic (exact) mass is 205 g/mol. The predicted molar refractivity (Wildman–Crippen MR) is 52.4 cm³/mol. The van der Waals surface area contributed by atoms with Gasteiger partial charge in [-0.05, 0) is 6.07 Å². The molecule has 0 atom stereocenters. The standard InChI is InChI=1S/C8H7N5O2/c9-7-4-10-2-1-8(7)12-5-6(3-11-12)13(14)15/h1-5H,9H2. The Kier molecular flexibility index (Phi) is 2.05. The first-order valence-electron chi connectivity index (χ1n) is 4.07. The summed E-state index contributed by atoms with van der Waals surface area (Å²) in [5, 5.41) is 14.3. The molecule has 76 valence electrons. The van der Waals surface area contributed by atoms with Crippen molar-refractivity contribution in [2.24, 2.45) is 0 Å². The molecule has 2 rings (SSSR count). The van der Waals surface area contributed by atoms with E-state index in [9.17, 15) is 10.1 Å². The van der Waals surface area contributed by atoms with Crippen molar-refractivity contribution in [2.45, 2.75) is 0 Å². The van der Waals surface area contributed by atoms with Gasteiger partial charge in [-0.2, -0.15) is 5.10 Å². The SMILES string of the molecule is Nc1cnccc1-n1cc([N+](=O)[O-])cn1. The molecule has 2 aromatic rings. The molecule has 15 heavy (non-hydrogen) atoms. The van der Waals surface area contributed by atoms with Crippen LogP contribution in [0.4, 0.5) is 11.4 Å². The minimum atomic E-state index is -0.513. The van der Waals surface area contributed by atoms with Gasteiger partial charge in [0.1, 0.15) is 12.4 Å². The largest absolute Gasteiger partial charge is 0.396 e. The Balaban J connectivity index is 2.46. The molecule has 0 amide bonds. The summed E-state index contributed by atoms with van der Waals surface area (Å²) in [6.07, 6.45) is 5.47. The smallest absolute Gasteiger partial charge is 0.307 e. The lowest BCUT2D eigenvalue weighted by atomic mass is 10.3. The second-order valence-electron chi connectivity index (χ2n) is 2.83. The Bertz CT molecular complexity index is 507. The van der Waals surface area contributed by atoms with E-state index in [2.05, 4.69) is 10.1 Å². The highest BCUT2D eigenvalue weighted by Crippen LogP contribution is 2.17. The van der Waals surface area contributed by atoms with Crippen LogP contribution in [0.1, 0.15) is 0 Å². The molecule has 0 unspecified atom stereocenters. The molecular formula is C8H7N5O2. The number of nitrogens with two attached hydrogens (primary N) is 1. The minimum absolute atomic E-state index is 0.0776. The molecule has 0 aliphatic heterocycles. The molecule has 0 saturated carbocycles. The fourth-order valence-electron chi connectivity index (χ4n) is 1.15. The first-order valence-corrected chi connectivity index (χ1v) is 4.07. The van der Waals surface area contributed by atoms with Crippen LogP contribution in [0, 0.1) is 10.1 Å². The normalized spacial score (nSPS) is 10.1. The maximum atomic E-state index is 10.4. The molecule has 0 aliphatic carbocycles. The van der Waals surface area contributed by atoms with Crippen LogP contribution in [0.15, 0.2) is 30.9 Å². The Morgan fingerprint density at radius 2 is 2.27 bits per heavy atom. The van der Waals surface area contributed by atoms with Crippen LogP contribution in [0.25, 0.3) is 5.69 Å². The fraction of sp³-hybridized carbons (Fsp3) is 0. The summed E-state index contributed by atoms with van der Waals surface area (Å²) >= 11 is 0. The van der Waals surface area contributed by atoms with E-state index in [4.69, 9.17) is 5.73 Å². The maximum Gasteiger partial charge on any atom is 0.307 e. The van der Waals surface area contributed by atoms with E-state index in [-0.39, 0.29) is 5.69 Å². The summed E-state index contributed by atoms with van der Waals surface area (Å²) in [6, 6.07) is 1.63. The molecule has 7 nitrogen and oxygen atoms in total. The van der Waals surface area contributed by atoms with Crippen molar-refractivity contribution in [1.29, 1.82) is 0 Å². The number of hydrogen-bond acceptors (Lipinski definition) is 5. The molecule has 0 saturated heterocycles. The van der Waals surface area contributed by atoms with E-state index < -0.39 is 4.92 Å². The Morgan fingerprint density at radius 3 is 2.87 bits per heavy atom. The van der Waals surface area contributed by atoms with Crippen molar-refractivity contribution in [3.05, 3.63) is 41.0 Å². The molecule has 0 aliphatic rings. The Morgan fingerprint density at radius 1 is 1.47 bits per heavy atom.